The maximum absolute atomic E-state index is 5.62. The molecule has 1 rings (SSSR count). The topological polar surface area (TPSA) is 44.5 Å². The lowest BCUT2D eigenvalue weighted by Gasteiger charge is -2.14. The molecule has 1 heterocycles. The van der Waals surface area contributed by atoms with Gasteiger partial charge in [-0.25, -0.2) is 0 Å². The summed E-state index contributed by atoms with van der Waals surface area (Å²) in [5.74, 6) is 0. The molecular weight excluding hydrogens is 198 g/mol. The Balaban J connectivity index is 2.26. The molecule has 0 saturated carbocycles. The average molecular weight is 215 g/mol. The molecule has 0 saturated heterocycles. The fraction of sp³-hybridized carbons (Fsp3) is 0.600. The highest BCUT2D eigenvalue weighted by molar-refractivity contribution is 7.07. The highest BCUT2D eigenvalue weighted by atomic mass is 32.1. The van der Waals surface area contributed by atoms with Gasteiger partial charge in [0.25, 0.3) is 0 Å². The predicted octanol–water partition coefficient (Wildman–Crippen LogP) is 1.80. The number of ether oxygens (including phenoxy) is 2. The molecule has 0 aliphatic carbocycles. The van der Waals surface area contributed by atoms with Crippen molar-refractivity contribution in [1.82, 2.24) is 0 Å². The smallest absolute Gasteiger partial charge is 0.0956 e. The Morgan fingerprint density at radius 3 is 2.93 bits per heavy atom. The molecule has 0 spiro atoms. The molecule has 3 nitrogen and oxygen atoms in total. The maximum Gasteiger partial charge on any atom is 0.0956 e. The number of thiophene rings is 1. The van der Waals surface area contributed by atoms with Crippen LogP contribution in [0.25, 0.3) is 0 Å². The SMILES string of the molecule is CCOCCOC(CN)c1ccsc1. The lowest BCUT2D eigenvalue weighted by Crippen LogP contribution is -2.17. The summed E-state index contributed by atoms with van der Waals surface area (Å²) in [6.07, 6.45) is 0.0155. The van der Waals surface area contributed by atoms with E-state index in [-0.39, 0.29) is 6.10 Å². The minimum atomic E-state index is 0.0155. The van der Waals surface area contributed by atoms with Crippen LogP contribution in [0, 0.1) is 0 Å². The van der Waals surface area contributed by atoms with Gasteiger partial charge >= 0.3 is 0 Å². The number of rotatable bonds is 7. The molecule has 0 aliphatic heterocycles. The molecule has 0 aliphatic rings. The molecule has 1 unspecified atom stereocenters. The van der Waals surface area contributed by atoms with Gasteiger partial charge in [-0.3, -0.25) is 0 Å². The van der Waals surface area contributed by atoms with Crippen molar-refractivity contribution in [1.29, 1.82) is 0 Å². The quantitative estimate of drug-likeness (QED) is 0.705. The van der Waals surface area contributed by atoms with Crippen LogP contribution in [0.5, 0.6) is 0 Å². The van der Waals surface area contributed by atoms with E-state index in [0.29, 0.717) is 19.8 Å². The highest BCUT2D eigenvalue weighted by Gasteiger charge is 2.09. The van der Waals surface area contributed by atoms with Crippen LogP contribution >= 0.6 is 11.3 Å². The normalized spacial score (nSPS) is 13.0. The second-order valence-electron chi connectivity index (χ2n) is 2.85. The Morgan fingerprint density at radius 2 is 2.36 bits per heavy atom. The van der Waals surface area contributed by atoms with Gasteiger partial charge in [0.15, 0.2) is 0 Å². The Bertz CT molecular complexity index is 226. The summed E-state index contributed by atoms with van der Waals surface area (Å²) in [6.45, 7) is 4.46. The molecule has 4 heteroatoms. The van der Waals surface area contributed by atoms with E-state index >= 15 is 0 Å². The van der Waals surface area contributed by atoms with Crippen molar-refractivity contribution in [3.63, 3.8) is 0 Å². The van der Waals surface area contributed by atoms with Gasteiger partial charge in [0, 0.05) is 13.2 Å². The molecule has 0 bridgehead atoms. The zero-order chi connectivity index (χ0) is 10.2. The maximum atomic E-state index is 5.62. The van der Waals surface area contributed by atoms with E-state index in [2.05, 4.69) is 5.38 Å². The summed E-state index contributed by atoms with van der Waals surface area (Å²) in [7, 11) is 0. The summed E-state index contributed by atoms with van der Waals surface area (Å²) in [5.41, 5.74) is 6.78. The first-order valence-electron chi connectivity index (χ1n) is 4.80. The summed E-state index contributed by atoms with van der Waals surface area (Å²) in [5, 5.41) is 4.10. The third kappa shape index (κ3) is 3.75. The largest absolute Gasteiger partial charge is 0.379 e. The van der Waals surface area contributed by atoms with E-state index in [0.717, 1.165) is 12.2 Å². The fourth-order valence-corrected chi connectivity index (χ4v) is 1.85. The molecule has 1 atom stereocenters. The van der Waals surface area contributed by atoms with Crippen LogP contribution in [0.4, 0.5) is 0 Å². The number of hydrogen-bond acceptors (Lipinski definition) is 4. The Labute approximate surface area is 88.8 Å². The molecule has 1 aromatic rings. The Hall–Kier alpha value is -0.420. The summed E-state index contributed by atoms with van der Waals surface area (Å²) in [6, 6.07) is 2.04. The molecule has 2 N–H and O–H groups in total. The van der Waals surface area contributed by atoms with Gasteiger partial charge in [-0.1, -0.05) is 0 Å². The highest BCUT2D eigenvalue weighted by Crippen LogP contribution is 2.18. The monoisotopic (exact) mass is 215 g/mol. The van der Waals surface area contributed by atoms with Gasteiger partial charge in [-0.15, -0.1) is 0 Å². The van der Waals surface area contributed by atoms with Crippen molar-refractivity contribution < 1.29 is 9.47 Å². The molecule has 80 valence electrons. The van der Waals surface area contributed by atoms with Gasteiger partial charge in [0.2, 0.25) is 0 Å². The van der Waals surface area contributed by atoms with E-state index in [1.165, 1.54) is 0 Å². The van der Waals surface area contributed by atoms with Gasteiger partial charge < -0.3 is 15.2 Å². The number of nitrogens with two attached hydrogens (primary N) is 1. The van der Waals surface area contributed by atoms with E-state index in [9.17, 15) is 0 Å². The summed E-state index contributed by atoms with van der Waals surface area (Å²) in [4.78, 5) is 0. The predicted molar refractivity (Wildman–Crippen MR) is 58.6 cm³/mol. The van der Waals surface area contributed by atoms with Crippen LogP contribution in [0.15, 0.2) is 16.8 Å². The first kappa shape index (κ1) is 11.7. The second kappa shape index (κ2) is 6.95. The molecule has 14 heavy (non-hydrogen) atoms. The van der Waals surface area contributed by atoms with Crippen molar-refractivity contribution in [3.05, 3.63) is 22.4 Å². The molecular formula is C10H17NO2S. The van der Waals surface area contributed by atoms with Crippen LogP contribution in [0.1, 0.15) is 18.6 Å². The first-order chi connectivity index (χ1) is 6.88. The fourth-order valence-electron chi connectivity index (χ4n) is 1.15. The van der Waals surface area contributed by atoms with Crippen LogP contribution in [0.3, 0.4) is 0 Å². The van der Waals surface area contributed by atoms with Crippen LogP contribution in [-0.2, 0) is 9.47 Å². The molecule has 0 aromatic carbocycles. The van der Waals surface area contributed by atoms with E-state index < -0.39 is 0 Å². The first-order valence-corrected chi connectivity index (χ1v) is 5.74. The number of hydrogen-bond donors (Lipinski definition) is 1. The van der Waals surface area contributed by atoms with Crippen LogP contribution in [0.2, 0.25) is 0 Å². The molecule has 0 amide bonds. The molecule has 1 aromatic heterocycles. The van der Waals surface area contributed by atoms with Gasteiger partial charge in [-0.2, -0.15) is 11.3 Å². The lowest BCUT2D eigenvalue weighted by molar-refractivity contribution is 0.0106. The third-order valence-corrected chi connectivity index (χ3v) is 2.58. The standard InChI is InChI=1S/C10H17NO2S/c1-2-12-4-5-13-10(7-11)9-3-6-14-8-9/h3,6,8,10H,2,4-5,7,11H2,1H3. The van der Waals surface area contributed by atoms with Crippen molar-refractivity contribution in [2.45, 2.75) is 13.0 Å². The molecule has 0 radical (unpaired) electrons. The van der Waals surface area contributed by atoms with E-state index in [1.807, 2.05) is 18.4 Å². The van der Waals surface area contributed by atoms with Crippen molar-refractivity contribution in [3.8, 4) is 0 Å². The van der Waals surface area contributed by atoms with Gasteiger partial charge in [0.1, 0.15) is 0 Å². The van der Waals surface area contributed by atoms with Gasteiger partial charge in [-0.05, 0) is 29.3 Å². The van der Waals surface area contributed by atoms with Crippen LogP contribution < -0.4 is 5.73 Å². The minimum absolute atomic E-state index is 0.0155. The third-order valence-electron chi connectivity index (χ3n) is 1.88. The van der Waals surface area contributed by atoms with Gasteiger partial charge in [0.05, 0.1) is 19.3 Å². The Morgan fingerprint density at radius 1 is 1.50 bits per heavy atom. The van der Waals surface area contributed by atoms with Crippen LogP contribution in [-0.4, -0.2) is 26.4 Å². The summed E-state index contributed by atoms with van der Waals surface area (Å²) < 4.78 is 10.8. The zero-order valence-corrected chi connectivity index (χ0v) is 9.26. The Kier molecular flexibility index (Phi) is 5.78. The van der Waals surface area contributed by atoms with Crippen molar-refractivity contribution in [2.75, 3.05) is 26.4 Å². The second-order valence-corrected chi connectivity index (χ2v) is 3.63. The molecule has 0 fully saturated rings. The van der Waals surface area contributed by atoms with E-state index in [1.54, 1.807) is 11.3 Å². The van der Waals surface area contributed by atoms with Crippen molar-refractivity contribution in [2.24, 2.45) is 5.73 Å². The minimum Gasteiger partial charge on any atom is -0.379 e. The zero-order valence-electron chi connectivity index (χ0n) is 8.44. The van der Waals surface area contributed by atoms with E-state index in [4.69, 9.17) is 15.2 Å². The van der Waals surface area contributed by atoms with Crippen molar-refractivity contribution >= 4 is 11.3 Å². The average Bonchev–Trinajstić information content (AvgIpc) is 2.71. The summed E-state index contributed by atoms with van der Waals surface area (Å²) >= 11 is 1.66. The lowest BCUT2D eigenvalue weighted by atomic mass is 10.2.